The van der Waals surface area contributed by atoms with Gasteiger partial charge in [-0.05, 0) is 30.2 Å². The number of benzene rings is 2. The second-order valence-corrected chi connectivity index (χ2v) is 7.05. The number of nitrogens with one attached hydrogen (secondary N) is 1. The summed E-state index contributed by atoms with van der Waals surface area (Å²) in [7, 11) is -3.74. The molecule has 0 saturated carbocycles. The maximum absolute atomic E-state index is 11.8. The van der Waals surface area contributed by atoms with Crippen molar-refractivity contribution in [3.05, 3.63) is 71.3 Å². The highest BCUT2D eigenvalue weighted by atomic mass is 32.2. The summed E-state index contributed by atoms with van der Waals surface area (Å²) in [5.74, 6) is -0.139. The quantitative estimate of drug-likeness (QED) is 0.843. The lowest BCUT2D eigenvalue weighted by atomic mass is 10.1. The number of primary sulfonamides is 1. The molecule has 2 rings (SSSR count). The van der Waals surface area contributed by atoms with Crippen molar-refractivity contribution in [3.8, 4) is 0 Å². The van der Waals surface area contributed by atoms with E-state index in [1.54, 1.807) is 18.2 Å². The average Bonchev–Trinajstić information content (AvgIpc) is 2.54. The van der Waals surface area contributed by atoms with E-state index in [1.807, 2.05) is 37.3 Å². The van der Waals surface area contributed by atoms with Crippen LogP contribution in [0.25, 0.3) is 6.08 Å². The summed E-state index contributed by atoms with van der Waals surface area (Å²) in [6.07, 6.45) is 3.93. The summed E-state index contributed by atoms with van der Waals surface area (Å²) in [6, 6.07) is 14.2. The van der Waals surface area contributed by atoms with Crippen LogP contribution in [0.5, 0.6) is 0 Å². The zero-order valence-corrected chi connectivity index (χ0v) is 14.2. The predicted molar refractivity (Wildman–Crippen MR) is 94.5 cm³/mol. The molecule has 0 atom stereocenters. The molecule has 0 bridgehead atoms. The van der Waals surface area contributed by atoms with E-state index in [2.05, 4.69) is 5.32 Å². The monoisotopic (exact) mass is 344 g/mol. The molecule has 0 aliphatic carbocycles. The molecule has 5 nitrogen and oxygen atoms in total. The molecule has 0 aromatic heterocycles. The van der Waals surface area contributed by atoms with Crippen LogP contribution in [-0.2, 0) is 21.4 Å². The minimum absolute atomic E-state index is 0.0357. The van der Waals surface area contributed by atoms with Crippen molar-refractivity contribution in [1.29, 1.82) is 0 Å². The van der Waals surface area contributed by atoms with Crippen molar-refractivity contribution in [2.24, 2.45) is 5.14 Å². The van der Waals surface area contributed by atoms with E-state index in [4.69, 9.17) is 5.14 Å². The highest BCUT2D eigenvalue weighted by Crippen LogP contribution is 2.10. The summed E-state index contributed by atoms with van der Waals surface area (Å²) in [6.45, 7) is 2.27. The van der Waals surface area contributed by atoms with Crippen LogP contribution in [0.2, 0.25) is 0 Å². The lowest BCUT2D eigenvalue weighted by Gasteiger charge is -2.05. The number of carbonyl (C=O) groups excluding carboxylic acids is 1. The zero-order valence-electron chi connectivity index (χ0n) is 13.4. The van der Waals surface area contributed by atoms with E-state index in [0.717, 1.165) is 5.56 Å². The van der Waals surface area contributed by atoms with Crippen molar-refractivity contribution in [1.82, 2.24) is 5.32 Å². The predicted octanol–water partition coefficient (Wildman–Crippen LogP) is 2.36. The second kappa shape index (κ2) is 7.90. The maximum atomic E-state index is 11.8. The first-order valence-corrected chi connectivity index (χ1v) is 9.01. The third-order valence-corrected chi connectivity index (χ3v) is 4.32. The van der Waals surface area contributed by atoms with Gasteiger partial charge in [0, 0.05) is 13.0 Å². The SMILES string of the molecule is Cc1ccc(C=CCC(=O)NCc2cccc(S(N)(=O)=O)c2)cc1. The van der Waals surface area contributed by atoms with Crippen LogP contribution < -0.4 is 10.5 Å². The topological polar surface area (TPSA) is 89.3 Å². The van der Waals surface area contributed by atoms with Gasteiger partial charge in [0.05, 0.1) is 4.90 Å². The van der Waals surface area contributed by atoms with E-state index in [9.17, 15) is 13.2 Å². The Balaban J connectivity index is 1.86. The lowest BCUT2D eigenvalue weighted by Crippen LogP contribution is -2.22. The first-order chi connectivity index (χ1) is 11.3. The molecule has 0 fully saturated rings. The van der Waals surface area contributed by atoms with E-state index < -0.39 is 10.0 Å². The molecule has 3 N–H and O–H groups in total. The van der Waals surface area contributed by atoms with Crippen molar-refractivity contribution >= 4 is 22.0 Å². The standard InChI is InChI=1S/C18H20N2O3S/c1-14-8-10-15(11-9-14)4-3-7-18(21)20-13-16-5-2-6-17(12-16)24(19,22)23/h2-6,8-12H,7,13H2,1H3,(H,20,21)(H2,19,22,23). The molecule has 0 saturated heterocycles. The molecule has 24 heavy (non-hydrogen) atoms. The van der Waals surface area contributed by atoms with Gasteiger partial charge in [-0.3, -0.25) is 4.79 Å². The van der Waals surface area contributed by atoms with E-state index in [1.165, 1.54) is 17.7 Å². The van der Waals surface area contributed by atoms with Crippen LogP contribution in [0.3, 0.4) is 0 Å². The zero-order chi connectivity index (χ0) is 17.6. The fourth-order valence-corrected chi connectivity index (χ4v) is 2.67. The number of amides is 1. The van der Waals surface area contributed by atoms with Gasteiger partial charge in [-0.15, -0.1) is 0 Å². The molecule has 0 aliphatic rings. The van der Waals surface area contributed by atoms with Crippen LogP contribution in [0.4, 0.5) is 0 Å². The van der Waals surface area contributed by atoms with Crippen molar-refractivity contribution in [3.63, 3.8) is 0 Å². The Morgan fingerprint density at radius 1 is 1.17 bits per heavy atom. The normalized spacial score (nSPS) is 11.6. The molecule has 0 aliphatic heterocycles. The molecule has 2 aromatic rings. The van der Waals surface area contributed by atoms with Crippen LogP contribution in [0, 0.1) is 6.92 Å². The summed E-state index contributed by atoms with van der Waals surface area (Å²) in [5.41, 5.74) is 2.90. The fourth-order valence-electron chi connectivity index (χ4n) is 2.08. The van der Waals surface area contributed by atoms with Gasteiger partial charge in [-0.1, -0.05) is 54.1 Å². The van der Waals surface area contributed by atoms with E-state index in [-0.39, 0.29) is 23.8 Å². The number of aryl methyl sites for hydroxylation is 1. The summed E-state index contributed by atoms with van der Waals surface area (Å²) < 4.78 is 22.6. The number of rotatable bonds is 6. The van der Waals surface area contributed by atoms with Crippen molar-refractivity contribution in [2.75, 3.05) is 0 Å². The minimum atomic E-state index is -3.74. The molecule has 1 amide bonds. The number of hydrogen-bond acceptors (Lipinski definition) is 3. The van der Waals surface area contributed by atoms with Gasteiger partial charge in [-0.25, -0.2) is 13.6 Å². The average molecular weight is 344 g/mol. The van der Waals surface area contributed by atoms with Gasteiger partial charge >= 0.3 is 0 Å². The molecular formula is C18H20N2O3S. The molecule has 6 heteroatoms. The number of carbonyl (C=O) groups is 1. The van der Waals surface area contributed by atoms with Crippen molar-refractivity contribution < 1.29 is 13.2 Å². The molecule has 0 unspecified atom stereocenters. The van der Waals surface area contributed by atoms with Gasteiger partial charge in [0.25, 0.3) is 0 Å². The molecule has 0 heterocycles. The smallest absolute Gasteiger partial charge is 0.238 e. The number of nitrogens with two attached hydrogens (primary N) is 1. The van der Waals surface area contributed by atoms with Crippen LogP contribution in [0.15, 0.2) is 59.5 Å². The number of hydrogen-bond donors (Lipinski definition) is 2. The van der Waals surface area contributed by atoms with Crippen molar-refractivity contribution in [2.45, 2.75) is 24.8 Å². The van der Waals surface area contributed by atoms with Crippen LogP contribution >= 0.6 is 0 Å². The highest BCUT2D eigenvalue weighted by molar-refractivity contribution is 7.89. The Labute approximate surface area is 142 Å². The van der Waals surface area contributed by atoms with Gasteiger partial charge < -0.3 is 5.32 Å². The Morgan fingerprint density at radius 2 is 1.88 bits per heavy atom. The summed E-state index contributed by atoms with van der Waals surface area (Å²) >= 11 is 0. The molecule has 0 spiro atoms. The van der Waals surface area contributed by atoms with E-state index >= 15 is 0 Å². The first-order valence-electron chi connectivity index (χ1n) is 7.46. The summed E-state index contributed by atoms with van der Waals surface area (Å²) in [4.78, 5) is 11.9. The van der Waals surface area contributed by atoms with Crippen LogP contribution in [-0.4, -0.2) is 14.3 Å². The molecular weight excluding hydrogens is 324 g/mol. The Kier molecular flexibility index (Phi) is 5.89. The first kappa shape index (κ1) is 17.9. The summed E-state index contributed by atoms with van der Waals surface area (Å²) in [5, 5.41) is 7.83. The Hall–Kier alpha value is -2.44. The number of sulfonamides is 1. The van der Waals surface area contributed by atoms with Gasteiger partial charge in [0.1, 0.15) is 0 Å². The van der Waals surface area contributed by atoms with Crippen LogP contribution in [0.1, 0.15) is 23.1 Å². The second-order valence-electron chi connectivity index (χ2n) is 5.49. The third kappa shape index (κ3) is 5.64. The minimum Gasteiger partial charge on any atom is -0.352 e. The maximum Gasteiger partial charge on any atom is 0.238 e. The van der Waals surface area contributed by atoms with Gasteiger partial charge in [-0.2, -0.15) is 0 Å². The molecule has 2 aromatic carbocycles. The third-order valence-electron chi connectivity index (χ3n) is 3.41. The molecule has 0 radical (unpaired) electrons. The lowest BCUT2D eigenvalue weighted by molar-refractivity contribution is -0.120. The highest BCUT2D eigenvalue weighted by Gasteiger charge is 2.08. The van der Waals surface area contributed by atoms with Gasteiger partial charge in [0.15, 0.2) is 0 Å². The fraction of sp³-hybridized carbons (Fsp3) is 0.167. The Morgan fingerprint density at radius 3 is 2.54 bits per heavy atom. The molecule has 126 valence electrons. The van der Waals surface area contributed by atoms with Gasteiger partial charge in [0.2, 0.25) is 15.9 Å². The Bertz CT molecular complexity index is 841. The largest absolute Gasteiger partial charge is 0.352 e. The van der Waals surface area contributed by atoms with E-state index in [0.29, 0.717) is 5.56 Å².